The molecule has 0 unspecified atom stereocenters. The largest absolute Gasteiger partial charge is 0.365 e. The molecule has 1 aromatic heterocycles. The minimum Gasteiger partial charge on any atom is -0.365 e. The van der Waals surface area contributed by atoms with E-state index in [1.54, 1.807) is 13.0 Å². The van der Waals surface area contributed by atoms with Crippen LogP contribution in [0, 0.1) is 17.0 Å². The van der Waals surface area contributed by atoms with E-state index < -0.39 is 4.92 Å². The molecule has 2 rings (SSSR count). The number of hydrogen-bond donors (Lipinski definition) is 1. The molecule has 0 bridgehead atoms. The number of anilines is 1. The molecule has 1 saturated carbocycles. The fraction of sp³-hybridized carbons (Fsp3) is 0.500. The summed E-state index contributed by atoms with van der Waals surface area (Å²) >= 11 is 0. The maximum absolute atomic E-state index is 10.6. The zero-order valence-corrected chi connectivity index (χ0v) is 8.78. The van der Waals surface area contributed by atoms with E-state index in [2.05, 4.69) is 17.2 Å². The Balaban J connectivity index is 2.21. The van der Waals surface area contributed by atoms with E-state index in [0.717, 1.165) is 18.7 Å². The van der Waals surface area contributed by atoms with Crippen molar-refractivity contribution in [1.29, 1.82) is 0 Å². The van der Waals surface area contributed by atoms with Crippen LogP contribution in [-0.4, -0.2) is 15.4 Å². The van der Waals surface area contributed by atoms with Gasteiger partial charge >= 0.3 is 0 Å². The topological polar surface area (TPSA) is 68.1 Å². The summed E-state index contributed by atoms with van der Waals surface area (Å²) < 4.78 is 0. The van der Waals surface area contributed by atoms with Gasteiger partial charge in [0.05, 0.1) is 4.92 Å². The number of nitrogens with one attached hydrogen (secondary N) is 1. The van der Waals surface area contributed by atoms with Crippen molar-refractivity contribution in [3.05, 3.63) is 27.9 Å². The van der Waals surface area contributed by atoms with Gasteiger partial charge in [-0.15, -0.1) is 0 Å². The molecule has 0 aromatic carbocycles. The van der Waals surface area contributed by atoms with E-state index in [4.69, 9.17) is 0 Å². The van der Waals surface area contributed by atoms with Crippen LogP contribution in [-0.2, 0) is 0 Å². The minimum atomic E-state index is -0.412. The molecule has 80 valence electrons. The summed E-state index contributed by atoms with van der Waals surface area (Å²) in [5, 5.41) is 13.8. The van der Waals surface area contributed by atoms with Gasteiger partial charge in [-0.2, -0.15) is 0 Å². The number of aromatic nitrogens is 1. The summed E-state index contributed by atoms with van der Waals surface area (Å²) in [6.07, 6.45) is 2.26. The van der Waals surface area contributed by atoms with Gasteiger partial charge in [0.15, 0.2) is 0 Å². The Morgan fingerprint density at radius 1 is 1.53 bits per heavy atom. The van der Waals surface area contributed by atoms with Crippen LogP contribution in [0.5, 0.6) is 0 Å². The number of aryl methyl sites for hydroxylation is 1. The van der Waals surface area contributed by atoms with Crippen molar-refractivity contribution in [3.8, 4) is 0 Å². The quantitative estimate of drug-likeness (QED) is 0.609. The highest BCUT2D eigenvalue weighted by atomic mass is 16.6. The van der Waals surface area contributed by atoms with Gasteiger partial charge in [0.2, 0.25) is 0 Å². The van der Waals surface area contributed by atoms with E-state index in [1.807, 2.05) is 0 Å². The number of hydrogen-bond acceptors (Lipinski definition) is 4. The molecule has 15 heavy (non-hydrogen) atoms. The lowest BCUT2D eigenvalue weighted by molar-refractivity contribution is -0.385. The predicted molar refractivity (Wildman–Crippen MR) is 56.9 cm³/mol. The monoisotopic (exact) mass is 207 g/mol. The fourth-order valence-electron chi connectivity index (χ4n) is 1.44. The summed E-state index contributed by atoms with van der Waals surface area (Å²) in [7, 11) is 0. The zero-order valence-electron chi connectivity index (χ0n) is 8.78. The Morgan fingerprint density at radius 3 is 2.67 bits per heavy atom. The number of nitro groups is 1. The van der Waals surface area contributed by atoms with Crippen molar-refractivity contribution >= 4 is 11.5 Å². The fourth-order valence-corrected chi connectivity index (χ4v) is 1.44. The van der Waals surface area contributed by atoms with Gasteiger partial charge in [0.1, 0.15) is 11.5 Å². The number of pyridine rings is 1. The third-order valence-corrected chi connectivity index (χ3v) is 2.68. The van der Waals surface area contributed by atoms with Crippen LogP contribution in [0.1, 0.15) is 25.5 Å². The Labute approximate surface area is 87.7 Å². The first kappa shape index (κ1) is 9.89. The second-order valence-electron chi connectivity index (χ2n) is 4.24. The van der Waals surface area contributed by atoms with Crippen molar-refractivity contribution in [1.82, 2.24) is 4.98 Å². The van der Waals surface area contributed by atoms with Crippen molar-refractivity contribution < 1.29 is 4.92 Å². The Hall–Kier alpha value is -1.65. The first-order valence-corrected chi connectivity index (χ1v) is 4.90. The second kappa shape index (κ2) is 3.18. The normalized spacial score (nSPS) is 17.2. The third-order valence-electron chi connectivity index (χ3n) is 2.68. The van der Waals surface area contributed by atoms with Gasteiger partial charge in [-0.1, -0.05) is 0 Å². The maximum atomic E-state index is 10.6. The average molecular weight is 207 g/mol. The van der Waals surface area contributed by atoms with Crippen LogP contribution in [0.15, 0.2) is 12.1 Å². The second-order valence-corrected chi connectivity index (χ2v) is 4.24. The van der Waals surface area contributed by atoms with E-state index in [-0.39, 0.29) is 11.2 Å². The molecule has 1 fully saturated rings. The molecule has 5 heteroatoms. The van der Waals surface area contributed by atoms with Gasteiger partial charge < -0.3 is 5.32 Å². The van der Waals surface area contributed by atoms with Crippen LogP contribution in [0.3, 0.4) is 0 Å². The van der Waals surface area contributed by atoms with Gasteiger partial charge in [0.25, 0.3) is 5.69 Å². The van der Waals surface area contributed by atoms with E-state index in [0.29, 0.717) is 5.69 Å². The van der Waals surface area contributed by atoms with Crippen molar-refractivity contribution in [3.63, 3.8) is 0 Å². The molecule has 5 nitrogen and oxygen atoms in total. The van der Waals surface area contributed by atoms with Crippen LogP contribution in [0.4, 0.5) is 11.5 Å². The summed E-state index contributed by atoms with van der Waals surface area (Å²) in [5.74, 6) is 0.720. The van der Waals surface area contributed by atoms with Crippen molar-refractivity contribution in [2.45, 2.75) is 32.2 Å². The molecular weight excluding hydrogens is 194 g/mol. The molecule has 0 aliphatic heterocycles. The molecule has 0 spiro atoms. The molecule has 1 heterocycles. The summed E-state index contributed by atoms with van der Waals surface area (Å²) in [5.41, 5.74) is 0.672. The highest BCUT2D eigenvalue weighted by Crippen LogP contribution is 2.37. The Kier molecular flexibility index (Phi) is 2.10. The molecular formula is C10H13N3O2. The molecule has 1 aliphatic carbocycles. The molecule has 1 aliphatic rings. The lowest BCUT2D eigenvalue weighted by Crippen LogP contribution is -2.17. The van der Waals surface area contributed by atoms with Gasteiger partial charge in [-0.25, -0.2) is 4.98 Å². The maximum Gasteiger partial charge on any atom is 0.290 e. The summed E-state index contributed by atoms with van der Waals surface area (Å²) in [6, 6.07) is 3.16. The highest BCUT2D eigenvalue weighted by molar-refractivity contribution is 5.47. The van der Waals surface area contributed by atoms with Crippen LogP contribution in [0.2, 0.25) is 0 Å². The van der Waals surface area contributed by atoms with E-state index in [1.165, 1.54) is 6.07 Å². The first-order chi connectivity index (χ1) is 7.00. The van der Waals surface area contributed by atoms with Crippen LogP contribution >= 0.6 is 0 Å². The third kappa shape index (κ3) is 2.06. The van der Waals surface area contributed by atoms with Crippen molar-refractivity contribution in [2.75, 3.05) is 5.32 Å². The average Bonchev–Trinajstić information content (AvgIpc) is 2.82. The first-order valence-electron chi connectivity index (χ1n) is 4.90. The molecule has 0 amide bonds. The molecule has 0 radical (unpaired) electrons. The lowest BCUT2D eigenvalue weighted by atomic mass is 10.3. The standard InChI is InChI=1S/C10H13N3O2/c1-7-8(13(14)15)3-4-9(11-7)12-10(2)5-6-10/h3-4H,5-6H2,1-2H3,(H,11,12). The molecule has 0 atom stereocenters. The molecule has 0 saturated heterocycles. The Bertz CT molecular complexity index is 413. The van der Waals surface area contributed by atoms with Gasteiger partial charge in [-0.05, 0) is 32.8 Å². The number of nitrogens with zero attached hydrogens (tertiary/aromatic N) is 2. The van der Waals surface area contributed by atoms with E-state index in [9.17, 15) is 10.1 Å². The number of rotatable bonds is 3. The highest BCUT2D eigenvalue weighted by Gasteiger charge is 2.37. The molecule has 1 aromatic rings. The SMILES string of the molecule is Cc1nc(NC2(C)CC2)ccc1[N+](=O)[O-]. The van der Waals surface area contributed by atoms with Gasteiger partial charge in [0, 0.05) is 11.6 Å². The van der Waals surface area contributed by atoms with Crippen LogP contribution in [0.25, 0.3) is 0 Å². The summed E-state index contributed by atoms with van der Waals surface area (Å²) in [4.78, 5) is 14.3. The smallest absolute Gasteiger partial charge is 0.290 e. The molecule has 1 N–H and O–H groups in total. The minimum absolute atomic E-state index is 0.0708. The lowest BCUT2D eigenvalue weighted by Gasteiger charge is -2.12. The van der Waals surface area contributed by atoms with E-state index >= 15 is 0 Å². The van der Waals surface area contributed by atoms with Crippen molar-refractivity contribution in [2.24, 2.45) is 0 Å². The summed E-state index contributed by atoms with van der Waals surface area (Å²) in [6.45, 7) is 3.77. The van der Waals surface area contributed by atoms with Gasteiger partial charge in [-0.3, -0.25) is 10.1 Å². The predicted octanol–water partition coefficient (Wildman–Crippen LogP) is 2.26. The Morgan fingerprint density at radius 2 is 2.20 bits per heavy atom. The van der Waals surface area contributed by atoms with Crippen LogP contribution < -0.4 is 5.32 Å². The zero-order chi connectivity index (χ0) is 11.1.